The van der Waals surface area contributed by atoms with Crippen molar-refractivity contribution in [2.24, 2.45) is 5.73 Å². The van der Waals surface area contributed by atoms with Crippen LogP contribution in [0, 0.1) is 0 Å². The van der Waals surface area contributed by atoms with Gasteiger partial charge in [0.25, 0.3) is 0 Å². The summed E-state index contributed by atoms with van der Waals surface area (Å²) in [5.41, 5.74) is 5.22. The molecule has 0 aliphatic carbocycles. The molecule has 7 heteroatoms. The first-order chi connectivity index (χ1) is 10.2. The summed E-state index contributed by atoms with van der Waals surface area (Å²) in [4.78, 5) is 26.3. The average molecular weight is 311 g/mol. The molecule has 2 amide bonds. The minimum atomic E-state index is -0.323. The van der Waals surface area contributed by atoms with Gasteiger partial charge in [0.15, 0.2) is 0 Å². The van der Waals surface area contributed by atoms with Crippen molar-refractivity contribution in [3.8, 4) is 0 Å². The Hall–Kier alpha value is -1.44. The van der Waals surface area contributed by atoms with E-state index in [1.807, 2.05) is 17.5 Å². The van der Waals surface area contributed by atoms with Crippen molar-refractivity contribution in [1.29, 1.82) is 0 Å². The molecule has 21 heavy (non-hydrogen) atoms. The molecule has 1 unspecified atom stereocenters. The number of carbonyl (C=O) groups is 2. The van der Waals surface area contributed by atoms with Gasteiger partial charge in [0.1, 0.15) is 0 Å². The van der Waals surface area contributed by atoms with E-state index in [0.29, 0.717) is 13.1 Å². The largest absolute Gasteiger partial charge is 0.376 e. The fourth-order valence-electron chi connectivity index (χ4n) is 2.24. The van der Waals surface area contributed by atoms with Crippen LogP contribution in [0.1, 0.15) is 17.7 Å². The SMILES string of the molecule is NCC(=O)NCC(=O)N(Cc1cccs1)CC1CCCO1. The summed E-state index contributed by atoms with van der Waals surface area (Å²) in [6.45, 7) is 1.75. The molecule has 6 nitrogen and oxygen atoms in total. The fraction of sp³-hybridized carbons (Fsp3) is 0.571. The second kappa shape index (κ2) is 8.11. The Labute approximate surface area is 128 Å². The second-order valence-corrected chi connectivity index (χ2v) is 6.00. The lowest BCUT2D eigenvalue weighted by molar-refractivity contribution is -0.134. The van der Waals surface area contributed by atoms with E-state index in [1.54, 1.807) is 16.2 Å². The number of nitrogens with two attached hydrogens (primary N) is 1. The van der Waals surface area contributed by atoms with Crippen LogP contribution in [0.15, 0.2) is 17.5 Å². The molecule has 1 saturated heterocycles. The number of rotatable bonds is 7. The molecule has 1 aliphatic heterocycles. The number of hydrogen-bond acceptors (Lipinski definition) is 5. The molecule has 1 atom stereocenters. The standard InChI is InChI=1S/C14H21N3O3S/c15-7-13(18)16-8-14(19)17(9-11-3-1-5-20-11)10-12-4-2-6-21-12/h2,4,6,11H,1,3,5,7-10,15H2,(H,16,18). The van der Waals surface area contributed by atoms with Gasteiger partial charge in [-0.2, -0.15) is 0 Å². The number of thiophene rings is 1. The molecule has 1 aromatic heterocycles. The number of amides is 2. The Morgan fingerprint density at radius 1 is 1.52 bits per heavy atom. The summed E-state index contributed by atoms with van der Waals surface area (Å²) in [7, 11) is 0. The molecule has 0 aromatic carbocycles. The van der Waals surface area contributed by atoms with Crippen molar-refractivity contribution >= 4 is 23.2 Å². The van der Waals surface area contributed by atoms with E-state index in [-0.39, 0.29) is 31.0 Å². The normalized spacial score (nSPS) is 17.7. The maximum Gasteiger partial charge on any atom is 0.242 e. The lowest BCUT2D eigenvalue weighted by atomic mass is 10.2. The van der Waals surface area contributed by atoms with Crippen LogP contribution >= 0.6 is 11.3 Å². The van der Waals surface area contributed by atoms with Crippen molar-refractivity contribution in [1.82, 2.24) is 10.2 Å². The van der Waals surface area contributed by atoms with Crippen LogP contribution in [0.4, 0.5) is 0 Å². The molecule has 1 fully saturated rings. The molecular formula is C14H21N3O3S. The topological polar surface area (TPSA) is 84.7 Å². The predicted molar refractivity (Wildman–Crippen MR) is 80.8 cm³/mol. The zero-order valence-corrected chi connectivity index (χ0v) is 12.7. The Balaban J connectivity index is 1.92. The molecule has 0 spiro atoms. The van der Waals surface area contributed by atoms with Gasteiger partial charge < -0.3 is 20.7 Å². The Kier molecular flexibility index (Phi) is 6.16. The van der Waals surface area contributed by atoms with Crippen LogP contribution in [0.3, 0.4) is 0 Å². The first kappa shape index (κ1) is 15.9. The van der Waals surface area contributed by atoms with Crippen LogP contribution in [0.25, 0.3) is 0 Å². The van der Waals surface area contributed by atoms with Gasteiger partial charge in [0.2, 0.25) is 11.8 Å². The number of hydrogen-bond donors (Lipinski definition) is 2. The molecule has 2 rings (SSSR count). The molecule has 0 bridgehead atoms. The molecule has 0 radical (unpaired) electrons. The third-order valence-electron chi connectivity index (χ3n) is 3.35. The number of carbonyl (C=O) groups excluding carboxylic acids is 2. The molecule has 2 heterocycles. The quantitative estimate of drug-likeness (QED) is 0.760. The number of nitrogens with one attached hydrogen (secondary N) is 1. The van der Waals surface area contributed by atoms with Crippen LogP contribution in [-0.4, -0.2) is 49.1 Å². The van der Waals surface area contributed by atoms with Crippen molar-refractivity contribution in [3.05, 3.63) is 22.4 Å². The van der Waals surface area contributed by atoms with Crippen LogP contribution in [0.2, 0.25) is 0 Å². The maximum atomic E-state index is 12.3. The Bertz CT molecular complexity index is 458. The van der Waals surface area contributed by atoms with E-state index in [9.17, 15) is 9.59 Å². The predicted octanol–water partition coefficient (Wildman–Crippen LogP) is 0.331. The Morgan fingerprint density at radius 3 is 3.00 bits per heavy atom. The summed E-state index contributed by atoms with van der Waals surface area (Å²) in [6, 6.07) is 3.96. The molecule has 116 valence electrons. The molecule has 1 aromatic rings. The van der Waals surface area contributed by atoms with E-state index in [0.717, 1.165) is 24.3 Å². The van der Waals surface area contributed by atoms with Gasteiger partial charge in [-0.05, 0) is 24.3 Å². The summed E-state index contributed by atoms with van der Waals surface area (Å²) in [5.74, 6) is -0.433. The van der Waals surface area contributed by atoms with Crippen molar-refractivity contribution in [3.63, 3.8) is 0 Å². The maximum absolute atomic E-state index is 12.3. The van der Waals surface area contributed by atoms with Crippen LogP contribution < -0.4 is 11.1 Å². The first-order valence-electron chi connectivity index (χ1n) is 7.07. The zero-order chi connectivity index (χ0) is 15.1. The third kappa shape index (κ3) is 5.11. The molecule has 1 aliphatic rings. The third-order valence-corrected chi connectivity index (χ3v) is 4.21. The lowest BCUT2D eigenvalue weighted by Crippen LogP contribution is -2.44. The van der Waals surface area contributed by atoms with E-state index < -0.39 is 0 Å². The average Bonchev–Trinajstić information content (AvgIpc) is 3.17. The number of ether oxygens (including phenoxy) is 1. The highest BCUT2D eigenvalue weighted by Crippen LogP contribution is 2.17. The summed E-state index contributed by atoms with van der Waals surface area (Å²) < 4.78 is 5.60. The van der Waals surface area contributed by atoms with Gasteiger partial charge in [-0.25, -0.2) is 0 Å². The summed E-state index contributed by atoms with van der Waals surface area (Å²) >= 11 is 1.61. The Morgan fingerprint density at radius 2 is 2.38 bits per heavy atom. The van der Waals surface area contributed by atoms with Gasteiger partial charge in [0.05, 0.1) is 25.7 Å². The van der Waals surface area contributed by atoms with Crippen LogP contribution in [-0.2, 0) is 20.9 Å². The molecule has 3 N–H and O–H groups in total. The highest BCUT2D eigenvalue weighted by molar-refractivity contribution is 7.09. The van der Waals surface area contributed by atoms with Crippen molar-refractivity contribution in [2.75, 3.05) is 26.2 Å². The second-order valence-electron chi connectivity index (χ2n) is 4.97. The van der Waals surface area contributed by atoms with E-state index in [4.69, 9.17) is 10.5 Å². The van der Waals surface area contributed by atoms with Gasteiger partial charge in [-0.3, -0.25) is 9.59 Å². The summed E-state index contributed by atoms with van der Waals surface area (Å²) in [6.07, 6.45) is 2.11. The van der Waals surface area contributed by atoms with Gasteiger partial charge >= 0.3 is 0 Å². The van der Waals surface area contributed by atoms with Gasteiger partial charge in [-0.15, -0.1) is 11.3 Å². The minimum Gasteiger partial charge on any atom is -0.376 e. The van der Waals surface area contributed by atoms with Gasteiger partial charge in [0, 0.05) is 18.0 Å². The smallest absolute Gasteiger partial charge is 0.242 e. The summed E-state index contributed by atoms with van der Waals surface area (Å²) in [5, 5.41) is 4.51. The lowest BCUT2D eigenvalue weighted by Gasteiger charge is -2.25. The van der Waals surface area contributed by atoms with Crippen LogP contribution in [0.5, 0.6) is 0 Å². The zero-order valence-electron chi connectivity index (χ0n) is 11.9. The first-order valence-corrected chi connectivity index (χ1v) is 7.95. The minimum absolute atomic E-state index is 0.0197. The van der Waals surface area contributed by atoms with Crippen molar-refractivity contribution in [2.45, 2.75) is 25.5 Å². The van der Waals surface area contributed by atoms with E-state index >= 15 is 0 Å². The van der Waals surface area contributed by atoms with E-state index in [1.165, 1.54) is 0 Å². The highest BCUT2D eigenvalue weighted by atomic mass is 32.1. The fourth-order valence-corrected chi connectivity index (χ4v) is 2.96. The monoisotopic (exact) mass is 311 g/mol. The molecular weight excluding hydrogens is 290 g/mol. The van der Waals surface area contributed by atoms with Crippen molar-refractivity contribution < 1.29 is 14.3 Å². The van der Waals surface area contributed by atoms with E-state index in [2.05, 4.69) is 5.32 Å². The molecule has 0 saturated carbocycles. The highest BCUT2D eigenvalue weighted by Gasteiger charge is 2.23. The number of nitrogens with zero attached hydrogens (tertiary/aromatic N) is 1. The van der Waals surface area contributed by atoms with Gasteiger partial charge in [-0.1, -0.05) is 6.07 Å².